The Balaban J connectivity index is 2.84. The molecule has 0 radical (unpaired) electrons. The van der Waals surface area contributed by atoms with Crippen molar-refractivity contribution in [2.75, 3.05) is 5.32 Å². The maximum absolute atomic E-state index is 11.8. The Kier molecular flexibility index (Phi) is 2.03. The lowest BCUT2D eigenvalue weighted by Crippen LogP contribution is -2.05. The predicted octanol–water partition coefficient (Wildman–Crippen LogP) is 1.26. The van der Waals surface area contributed by atoms with E-state index in [1.165, 1.54) is 0 Å². The standard InChI is InChI=1S/C5H3F3N2O2/c6-5(7,8)3-1-12-4(10-3)9-2-11/h1-2H,(H,9,10,11). The van der Waals surface area contributed by atoms with E-state index in [1.54, 1.807) is 0 Å². The summed E-state index contributed by atoms with van der Waals surface area (Å²) in [6, 6.07) is -0.475. The Bertz CT molecular complexity index is 280. The normalized spacial score (nSPS) is 11.2. The van der Waals surface area contributed by atoms with Crippen LogP contribution in [0.25, 0.3) is 0 Å². The molecule has 0 atom stereocenters. The SMILES string of the molecule is O=CNc1nc(C(F)(F)F)co1. The maximum Gasteiger partial charge on any atom is 0.436 e. The van der Waals surface area contributed by atoms with Crippen LogP contribution in [0.1, 0.15) is 5.69 Å². The summed E-state index contributed by atoms with van der Waals surface area (Å²) in [5.41, 5.74) is -1.17. The van der Waals surface area contributed by atoms with Crippen LogP contribution in [0.3, 0.4) is 0 Å². The van der Waals surface area contributed by atoms with Gasteiger partial charge in [-0.3, -0.25) is 10.1 Å². The van der Waals surface area contributed by atoms with Crippen LogP contribution in [0.4, 0.5) is 19.2 Å². The number of hydrogen-bond acceptors (Lipinski definition) is 3. The molecule has 1 rings (SSSR count). The third-order valence-corrected chi connectivity index (χ3v) is 0.977. The third-order valence-electron chi connectivity index (χ3n) is 0.977. The summed E-state index contributed by atoms with van der Waals surface area (Å²) in [5, 5.41) is 1.84. The summed E-state index contributed by atoms with van der Waals surface area (Å²) in [7, 11) is 0. The monoisotopic (exact) mass is 180 g/mol. The van der Waals surface area contributed by atoms with Crippen molar-refractivity contribution in [1.29, 1.82) is 0 Å². The molecule has 12 heavy (non-hydrogen) atoms. The van der Waals surface area contributed by atoms with Gasteiger partial charge in [0.05, 0.1) is 0 Å². The molecule has 0 saturated carbocycles. The highest BCUT2D eigenvalue weighted by atomic mass is 19.4. The van der Waals surface area contributed by atoms with Crippen LogP contribution in [0.2, 0.25) is 0 Å². The number of rotatable bonds is 2. The number of alkyl halides is 3. The number of carbonyl (C=O) groups excluding carboxylic acids is 1. The molecular formula is C5H3F3N2O2. The summed E-state index contributed by atoms with van der Waals surface area (Å²) in [6.45, 7) is 0. The van der Waals surface area contributed by atoms with E-state index in [9.17, 15) is 18.0 Å². The highest BCUT2D eigenvalue weighted by Crippen LogP contribution is 2.28. The van der Waals surface area contributed by atoms with Crippen molar-refractivity contribution >= 4 is 12.4 Å². The molecule has 1 amide bonds. The first-order chi connectivity index (χ1) is 5.54. The van der Waals surface area contributed by atoms with Crippen molar-refractivity contribution in [3.05, 3.63) is 12.0 Å². The van der Waals surface area contributed by atoms with E-state index in [-0.39, 0.29) is 6.41 Å². The molecule has 0 aliphatic rings. The zero-order valence-electron chi connectivity index (χ0n) is 5.55. The molecule has 0 aliphatic carbocycles. The quantitative estimate of drug-likeness (QED) is 0.697. The molecule has 1 aromatic rings. The molecular weight excluding hydrogens is 177 g/mol. The van der Waals surface area contributed by atoms with E-state index in [0.717, 1.165) is 0 Å². The van der Waals surface area contributed by atoms with Gasteiger partial charge in [-0.2, -0.15) is 18.2 Å². The van der Waals surface area contributed by atoms with E-state index < -0.39 is 17.9 Å². The second-order valence-electron chi connectivity index (χ2n) is 1.80. The van der Waals surface area contributed by atoms with Gasteiger partial charge in [0.15, 0.2) is 5.69 Å². The van der Waals surface area contributed by atoms with E-state index in [1.807, 2.05) is 5.32 Å². The molecule has 4 nitrogen and oxygen atoms in total. The first-order valence-corrected chi connectivity index (χ1v) is 2.77. The predicted molar refractivity (Wildman–Crippen MR) is 31.2 cm³/mol. The topological polar surface area (TPSA) is 55.1 Å². The smallest absolute Gasteiger partial charge is 0.431 e. The van der Waals surface area contributed by atoms with Gasteiger partial charge in [0.25, 0.3) is 0 Å². The molecule has 1 heterocycles. The minimum absolute atomic E-state index is 0.173. The molecule has 66 valence electrons. The van der Waals surface area contributed by atoms with Crippen LogP contribution in [-0.2, 0) is 11.0 Å². The number of nitrogens with zero attached hydrogens (tertiary/aromatic N) is 1. The number of aromatic nitrogens is 1. The Morgan fingerprint density at radius 2 is 2.25 bits per heavy atom. The summed E-state index contributed by atoms with van der Waals surface area (Å²) < 4.78 is 39.7. The van der Waals surface area contributed by atoms with E-state index in [4.69, 9.17) is 0 Å². The molecule has 0 aliphatic heterocycles. The number of amides is 1. The molecule has 1 N–H and O–H groups in total. The second kappa shape index (κ2) is 2.84. The average molecular weight is 180 g/mol. The van der Waals surface area contributed by atoms with Crippen molar-refractivity contribution in [2.24, 2.45) is 0 Å². The molecule has 0 unspecified atom stereocenters. The Hall–Kier alpha value is -1.53. The molecule has 0 aromatic carbocycles. The van der Waals surface area contributed by atoms with Crippen molar-refractivity contribution < 1.29 is 22.4 Å². The molecule has 1 aromatic heterocycles. The number of nitrogens with one attached hydrogen (secondary N) is 1. The number of hydrogen-bond donors (Lipinski definition) is 1. The maximum atomic E-state index is 11.8. The molecule has 0 fully saturated rings. The first-order valence-electron chi connectivity index (χ1n) is 2.77. The lowest BCUT2D eigenvalue weighted by atomic mass is 10.5. The molecule has 7 heteroatoms. The van der Waals surface area contributed by atoms with Gasteiger partial charge in [-0.1, -0.05) is 0 Å². The molecule has 0 bridgehead atoms. The third kappa shape index (κ3) is 1.74. The van der Waals surface area contributed by atoms with Crippen molar-refractivity contribution in [3.8, 4) is 0 Å². The molecule has 0 spiro atoms. The minimum Gasteiger partial charge on any atom is -0.431 e. The largest absolute Gasteiger partial charge is 0.436 e. The first kappa shape index (κ1) is 8.57. The summed E-state index contributed by atoms with van der Waals surface area (Å²) >= 11 is 0. The van der Waals surface area contributed by atoms with E-state index in [2.05, 4.69) is 9.40 Å². The van der Waals surface area contributed by atoms with Gasteiger partial charge in [-0.05, 0) is 0 Å². The van der Waals surface area contributed by atoms with Crippen LogP contribution in [0, 0.1) is 0 Å². The number of anilines is 1. The highest BCUT2D eigenvalue weighted by molar-refractivity contribution is 5.65. The Labute approximate surface area is 64.4 Å². The van der Waals surface area contributed by atoms with Gasteiger partial charge in [0.2, 0.25) is 6.41 Å². The zero-order chi connectivity index (χ0) is 9.19. The van der Waals surface area contributed by atoms with Crippen LogP contribution < -0.4 is 5.32 Å². The van der Waals surface area contributed by atoms with Crippen LogP contribution in [0.5, 0.6) is 0 Å². The molecule has 0 saturated heterocycles. The van der Waals surface area contributed by atoms with Crippen LogP contribution >= 0.6 is 0 Å². The Morgan fingerprint density at radius 1 is 1.58 bits per heavy atom. The van der Waals surface area contributed by atoms with E-state index in [0.29, 0.717) is 6.26 Å². The fourth-order valence-electron chi connectivity index (χ4n) is 0.521. The minimum atomic E-state index is -4.55. The van der Waals surface area contributed by atoms with Crippen molar-refractivity contribution in [3.63, 3.8) is 0 Å². The average Bonchev–Trinajstić information content (AvgIpc) is 2.35. The lowest BCUT2D eigenvalue weighted by molar-refractivity contribution is -0.141. The van der Waals surface area contributed by atoms with Gasteiger partial charge >= 0.3 is 12.2 Å². The lowest BCUT2D eigenvalue weighted by Gasteiger charge is -1.97. The zero-order valence-corrected chi connectivity index (χ0v) is 5.55. The van der Waals surface area contributed by atoms with Gasteiger partial charge in [-0.25, -0.2) is 0 Å². The van der Waals surface area contributed by atoms with Crippen LogP contribution in [0.15, 0.2) is 10.7 Å². The summed E-state index contributed by atoms with van der Waals surface area (Å²) in [6.07, 6.45) is -3.95. The van der Waals surface area contributed by atoms with Gasteiger partial charge in [0, 0.05) is 0 Å². The fourth-order valence-corrected chi connectivity index (χ4v) is 0.521. The fraction of sp³-hybridized carbons (Fsp3) is 0.200. The summed E-state index contributed by atoms with van der Waals surface area (Å²) in [5.74, 6) is 0. The number of oxazole rings is 1. The van der Waals surface area contributed by atoms with Crippen LogP contribution in [-0.4, -0.2) is 11.4 Å². The van der Waals surface area contributed by atoms with E-state index >= 15 is 0 Å². The second-order valence-corrected chi connectivity index (χ2v) is 1.80. The Morgan fingerprint density at radius 3 is 2.67 bits per heavy atom. The number of halogens is 3. The van der Waals surface area contributed by atoms with Crippen molar-refractivity contribution in [1.82, 2.24) is 4.98 Å². The van der Waals surface area contributed by atoms with Crippen molar-refractivity contribution in [2.45, 2.75) is 6.18 Å². The highest BCUT2D eigenvalue weighted by Gasteiger charge is 2.34. The summed E-state index contributed by atoms with van der Waals surface area (Å²) in [4.78, 5) is 12.7. The van der Waals surface area contributed by atoms with Gasteiger partial charge in [0.1, 0.15) is 6.26 Å². The van der Waals surface area contributed by atoms with Gasteiger partial charge < -0.3 is 4.42 Å². The van der Waals surface area contributed by atoms with Gasteiger partial charge in [-0.15, -0.1) is 0 Å². The number of carbonyl (C=O) groups is 1.